The Kier molecular flexibility index (Phi) is 6.33. The maximum absolute atomic E-state index is 11.9. The fourth-order valence-electron chi connectivity index (χ4n) is 5.10. The van der Waals surface area contributed by atoms with Gasteiger partial charge in [0.15, 0.2) is 0 Å². The third-order valence-corrected chi connectivity index (χ3v) is 7.07. The number of morpholine rings is 1. The predicted octanol–water partition coefficient (Wildman–Crippen LogP) is 1.28. The van der Waals surface area contributed by atoms with E-state index in [1.165, 1.54) is 56.3 Å². The highest BCUT2D eigenvalue weighted by Crippen LogP contribution is 2.43. The van der Waals surface area contributed by atoms with Crippen molar-refractivity contribution in [2.45, 2.75) is 57.1 Å². The Morgan fingerprint density at radius 2 is 2.07 bits per heavy atom. The Morgan fingerprint density at radius 3 is 2.82 bits per heavy atom. The molecule has 3 aliphatic rings. The average molecular weight is 390 g/mol. The van der Waals surface area contributed by atoms with Crippen LogP contribution in [0.3, 0.4) is 0 Å². The Morgan fingerprint density at radius 1 is 1.29 bits per heavy atom. The molecule has 0 bridgehead atoms. The average Bonchev–Trinajstić information content (AvgIpc) is 2.73. The van der Waals surface area contributed by atoms with E-state index >= 15 is 0 Å². The number of aromatic nitrogens is 2. The molecule has 0 unspecified atom stereocenters. The summed E-state index contributed by atoms with van der Waals surface area (Å²) in [7, 11) is 1.68. The molecule has 2 saturated heterocycles. The first-order chi connectivity index (χ1) is 13.6. The number of rotatable bonds is 5. The molecule has 1 aliphatic carbocycles. The van der Waals surface area contributed by atoms with E-state index in [0.29, 0.717) is 18.1 Å². The van der Waals surface area contributed by atoms with Gasteiger partial charge in [0.2, 0.25) is 0 Å². The van der Waals surface area contributed by atoms with Gasteiger partial charge in [-0.15, -0.1) is 0 Å². The Labute approximate surface area is 167 Å². The van der Waals surface area contributed by atoms with Crippen LogP contribution in [0.25, 0.3) is 0 Å². The summed E-state index contributed by atoms with van der Waals surface area (Å²) in [6.07, 6.45) is 11.1. The number of ether oxygens (including phenoxy) is 1. The highest BCUT2D eigenvalue weighted by Gasteiger charge is 2.36. The molecule has 156 valence electrons. The molecule has 4 rings (SSSR count). The van der Waals surface area contributed by atoms with Crippen LogP contribution in [-0.4, -0.2) is 61.3 Å². The van der Waals surface area contributed by atoms with Crippen molar-refractivity contribution in [2.24, 2.45) is 12.5 Å². The number of nitrogens with one attached hydrogen (secondary N) is 2. The molecule has 1 aromatic rings. The maximum atomic E-state index is 11.9. The molecule has 1 spiro atoms. The van der Waals surface area contributed by atoms with E-state index in [4.69, 9.17) is 4.74 Å². The van der Waals surface area contributed by atoms with Gasteiger partial charge in [-0.1, -0.05) is 0 Å². The van der Waals surface area contributed by atoms with E-state index in [9.17, 15) is 4.79 Å². The van der Waals surface area contributed by atoms with Crippen molar-refractivity contribution in [3.63, 3.8) is 0 Å². The van der Waals surface area contributed by atoms with Crippen LogP contribution in [0.2, 0.25) is 0 Å². The fourth-order valence-corrected chi connectivity index (χ4v) is 5.10. The number of anilines is 1. The molecule has 7 heteroatoms. The molecule has 28 heavy (non-hydrogen) atoms. The lowest BCUT2D eigenvalue weighted by atomic mass is 9.67. The van der Waals surface area contributed by atoms with Gasteiger partial charge in [0.1, 0.15) is 0 Å². The Balaban J connectivity index is 1.20. The molecule has 3 fully saturated rings. The highest BCUT2D eigenvalue weighted by atomic mass is 16.5. The van der Waals surface area contributed by atoms with E-state index in [1.807, 2.05) is 0 Å². The molecular weight excluding hydrogens is 354 g/mol. The Hall–Kier alpha value is -1.44. The topological polar surface area (TPSA) is 71.4 Å². The second-order valence-electron chi connectivity index (χ2n) is 8.88. The summed E-state index contributed by atoms with van der Waals surface area (Å²) in [5.41, 5.74) is 1.48. The van der Waals surface area contributed by atoms with Gasteiger partial charge in [0.25, 0.3) is 5.56 Å². The minimum Gasteiger partial charge on any atom is -0.374 e. The van der Waals surface area contributed by atoms with Crippen molar-refractivity contribution in [3.05, 3.63) is 22.6 Å². The summed E-state index contributed by atoms with van der Waals surface area (Å²) in [6, 6.07) is 2.34. The van der Waals surface area contributed by atoms with Crippen LogP contribution >= 0.6 is 0 Å². The molecule has 0 aromatic carbocycles. The minimum atomic E-state index is -0.0639. The van der Waals surface area contributed by atoms with Crippen LogP contribution < -0.4 is 21.1 Å². The zero-order chi connectivity index (χ0) is 19.4. The second kappa shape index (κ2) is 8.93. The number of hydrogen-bond acceptors (Lipinski definition) is 6. The van der Waals surface area contributed by atoms with Crippen LogP contribution in [0.5, 0.6) is 0 Å². The number of aryl methyl sites for hydroxylation is 1. The SMILES string of the molecule is Cn1ncc(N2CCO[C@H](CCNC3CCC4(CCNCC4)CC3)C2)cc1=O. The molecule has 7 nitrogen and oxygen atoms in total. The van der Waals surface area contributed by atoms with E-state index in [-0.39, 0.29) is 11.7 Å². The standard InChI is InChI=1S/C21H35N5O2/c1-25-20(27)14-18(15-24-25)26-12-13-28-19(16-26)4-9-23-17-2-5-21(6-3-17)7-10-22-11-8-21/h14-15,17,19,22-23H,2-13,16H2,1H3/t19-/m1/s1. The summed E-state index contributed by atoms with van der Waals surface area (Å²) in [5, 5.41) is 11.4. The van der Waals surface area contributed by atoms with E-state index in [2.05, 4.69) is 20.6 Å². The predicted molar refractivity (Wildman–Crippen MR) is 111 cm³/mol. The van der Waals surface area contributed by atoms with Gasteiger partial charge in [0.05, 0.1) is 24.6 Å². The van der Waals surface area contributed by atoms with Crippen LogP contribution in [0, 0.1) is 5.41 Å². The van der Waals surface area contributed by atoms with Gasteiger partial charge in [-0.05, 0) is 70.0 Å². The monoisotopic (exact) mass is 389 g/mol. The van der Waals surface area contributed by atoms with Gasteiger partial charge < -0.3 is 20.3 Å². The lowest BCUT2D eigenvalue weighted by molar-refractivity contribution is 0.0340. The molecule has 3 heterocycles. The quantitative estimate of drug-likeness (QED) is 0.791. The molecule has 0 radical (unpaired) electrons. The lowest BCUT2D eigenvalue weighted by Gasteiger charge is -2.43. The van der Waals surface area contributed by atoms with Crippen molar-refractivity contribution in [3.8, 4) is 0 Å². The van der Waals surface area contributed by atoms with Crippen molar-refractivity contribution in [1.82, 2.24) is 20.4 Å². The number of nitrogens with zero attached hydrogens (tertiary/aromatic N) is 3. The third-order valence-electron chi connectivity index (χ3n) is 7.07. The second-order valence-corrected chi connectivity index (χ2v) is 8.88. The minimum absolute atomic E-state index is 0.0639. The highest BCUT2D eigenvalue weighted by molar-refractivity contribution is 5.43. The van der Waals surface area contributed by atoms with Crippen molar-refractivity contribution in [1.29, 1.82) is 0 Å². The first-order valence-electron chi connectivity index (χ1n) is 11.0. The zero-order valence-corrected chi connectivity index (χ0v) is 17.2. The summed E-state index contributed by atoms with van der Waals surface area (Å²) in [5.74, 6) is 0. The van der Waals surface area contributed by atoms with Gasteiger partial charge in [-0.25, -0.2) is 4.68 Å². The van der Waals surface area contributed by atoms with Gasteiger partial charge in [0, 0.05) is 32.2 Å². The van der Waals surface area contributed by atoms with Crippen molar-refractivity contribution >= 4 is 5.69 Å². The zero-order valence-electron chi connectivity index (χ0n) is 17.2. The number of hydrogen-bond donors (Lipinski definition) is 2. The Bertz CT molecular complexity index is 690. The van der Waals surface area contributed by atoms with E-state index < -0.39 is 0 Å². The third kappa shape index (κ3) is 4.75. The van der Waals surface area contributed by atoms with E-state index in [1.54, 1.807) is 19.3 Å². The van der Waals surface area contributed by atoms with Gasteiger partial charge in [-0.2, -0.15) is 5.10 Å². The summed E-state index contributed by atoms with van der Waals surface area (Å²) in [4.78, 5) is 14.1. The van der Waals surface area contributed by atoms with Crippen LogP contribution in [-0.2, 0) is 11.8 Å². The molecule has 1 aromatic heterocycles. The molecule has 0 amide bonds. The first kappa shape index (κ1) is 19.9. The summed E-state index contributed by atoms with van der Waals surface area (Å²) >= 11 is 0. The molecule has 2 N–H and O–H groups in total. The lowest BCUT2D eigenvalue weighted by Crippen LogP contribution is -2.46. The van der Waals surface area contributed by atoms with E-state index in [0.717, 1.165) is 31.7 Å². The molecule has 1 atom stereocenters. The summed E-state index contributed by atoms with van der Waals surface area (Å²) < 4.78 is 7.34. The van der Waals surface area contributed by atoms with Gasteiger partial charge >= 0.3 is 0 Å². The van der Waals surface area contributed by atoms with Crippen LogP contribution in [0.1, 0.15) is 44.9 Å². The van der Waals surface area contributed by atoms with Crippen molar-refractivity contribution < 1.29 is 4.74 Å². The van der Waals surface area contributed by atoms with Crippen LogP contribution in [0.4, 0.5) is 5.69 Å². The number of piperidine rings is 1. The smallest absolute Gasteiger partial charge is 0.268 e. The largest absolute Gasteiger partial charge is 0.374 e. The molecule has 2 aliphatic heterocycles. The summed E-state index contributed by atoms with van der Waals surface area (Å²) in [6.45, 7) is 5.77. The molecular formula is C21H35N5O2. The normalized spacial score (nSPS) is 25.9. The first-order valence-corrected chi connectivity index (χ1v) is 11.0. The van der Waals surface area contributed by atoms with Crippen LogP contribution in [0.15, 0.2) is 17.1 Å². The van der Waals surface area contributed by atoms with Crippen molar-refractivity contribution in [2.75, 3.05) is 44.2 Å². The maximum Gasteiger partial charge on any atom is 0.268 e. The molecule has 1 saturated carbocycles. The fraction of sp³-hybridized carbons (Fsp3) is 0.810. The van der Waals surface area contributed by atoms with Gasteiger partial charge in [-0.3, -0.25) is 4.79 Å².